The summed E-state index contributed by atoms with van der Waals surface area (Å²) in [7, 11) is 1.70. The van der Waals surface area contributed by atoms with Crippen LogP contribution in [0, 0.1) is 11.8 Å². The number of rotatable bonds is 6. The second kappa shape index (κ2) is 9.93. The molecule has 1 amide bonds. The van der Waals surface area contributed by atoms with Crippen molar-refractivity contribution in [2.75, 3.05) is 39.8 Å². The molecule has 0 spiro atoms. The number of nitrogens with zero attached hydrogens (tertiary/aromatic N) is 2. The lowest BCUT2D eigenvalue weighted by Gasteiger charge is -2.37. The number of nitrogens with two attached hydrogens (primary N) is 1. The van der Waals surface area contributed by atoms with E-state index in [1.165, 1.54) is 0 Å². The van der Waals surface area contributed by atoms with Crippen LogP contribution in [-0.4, -0.2) is 55.5 Å². The molecule has 5 heteroatoms. The van der Waals surface area contributed by atoms with Crippen molar-refractivity contribution in [2.24, 2.45) is 5.73 Å². The summed E-state index contributed by atoms with van der Waals surface area (Å²) < 4.78 is 5.60. The van der Waals surface area contributed by atoms with Gasteiger partial charge < -0.3 is 15.4 Å². The van der Waals surface area contributed by atoms with Gasteiger partial charge in [0.1, 0.15) is 11.8 Å². The van der Waals surface area contributed by atoms with Crippen LogP contribution in [-0.2, 0) is 4.79 Å². The summed E-state index contributed by atoms with van der Waals surface area (Å²) >= 11 is 0. The number of hydrogen-bond acceptors (Lipinski definition) is 4. The van der Waals surface area contributed by atoms with Crippen molar-refractivity contribution in [3.8, 4) is 17.6 Å². The maximum absolute atomic E-state index is 11.0. The lowest BCUT2D eigenvalue weighted by molar-refractivity contribution is -0.118. The number of primary amides is 1. The molecule has 3 rings (SSSR count). The highest BCUT2D eigenvalue weighted by molar-refractivity contribution is 5.73. The lowest BCUT2D eigenvalue weighted by atomic mass is 10.0. The van der Waals surface area contributed by atoms with Gasteiger partial charge in [-0.3, -0.25) is 9.69 Å². The summed E-state index contributed by atoms with van der Waals surface area (Å²) in [5.41, 5.74) is 7.36. The van der Waals surface area contributed by atoms with Gasteiger partial charge in [0.2, 0.25) is 5.91 Å². The second-order valence-electron chi connectivity index (χ2n) is 6.87. The monoisotopic (exact) mass is 377 g/mol. The zero-order valence-electron chi connectivity index (χ0n) is 16.3. The average molecular weight is 377 g/mol. The van der Waals surface area contributed by atoms with E-state index in [0.29, 0.717) is 6.42 Å². The summed E-state index contributed by atoms with van der Waals surface area (Å²) in [5.74, 6) is 7.39. The number of carbonyl (C=O) groups excluding carboxylic acids is 1. The van der Waals surface area contributed by atoms with Crippen LogP contribution in [0.1, 0.15) is 23.6 Å². The first-order chi connectivity index (χ1) is 13.7. The number of amides is 1. The molecule has 2 aromatic rings. The number of hydrogen-bond donors (Lipinski definition) is 1. The summed E-state index contributed by atoms with van der Waals surface area (Å²) in [6, 6.07) is 18.1. The topological polar surface area (TPSA) is 58.8 Å². The van der Waals surface area contributed by atoms with Crippen molar-refractivity contribution in [2.45, 2.75) is 12.5 Å². The van der Waals surface area contributed by atoms with Crippen molar-refractivity contribution < 1.29 is 9.53 Å². The Morgan fingerprint density at radius 2 is 1.75 bits per heavy atom. The molecular weight excluding hydrogens is 350 g/mol. The highest BCUT2D eigenvalue weighted by Crippen LogP contribution is 2.29. The molecule has 5 nitrogen and oxygen atoms in total. The molecule has 1 atom stereocenters. The first kappa shape index (κ1) is 19.9. The van der Waals surface area contributed by atoms with Gasteiger partial charge in [0.05, 0.1) is 7.11 Å². The number of carbonyl (C=O) groups is 1. The summed E-state index contributed by atoms with van der Waals surface area (Å²) in [4.78, 5) is 15.7. The highest BCUT2D eigenvalue weighted by Gasteiger charge is 2.25. The van der Waals surface area contributed by atoms with Crippen LogP contribution in [0.15, 0.2) is 54.6 Å². The molecule has 0 bridgehead atoms. The predicted molar refractivity (Wildman–Crippen MR) is 111 cm³/mol. The summed E-state index contributed by atoms with van der Waals surface area (Å²) in [6.45, 7) is 4.27. The summed E-state index contributed by atoms with van der Waals surface area (Å²) in [5, 5.41) is 0. The first-order valence-corrected chi connectivity index (χ1v) is 9.61. The van der Waals surface area contributed by atoms with E-state index >= 15 is 0 Å². The largest absolute Gasteiger partial charge is 0.496 e. The van der Waals surface area contributed by atoms with Crippen LogP contribution < -0.4 is 10.5 Å². The number of ether oxygens (including phenoxy) is 1. The number of piperazine rings is 1. The van der Waals surface area contributed by atoms with Gasteiger partial charge in [0.25, 0.3) is 0 Å². The fraction of sp³-hybridized carbons (Fsp3) is 0.348. The third-order valence-electron chi connectivity index (χ3n) is 5.01. The van der Waals surface area contributed by atoms with Crippen LogP contribution in [0.4, 0.5) is 0 Å². The molecular formula is C23H27N3O2. The molecule has 1 fully saturated rings. The van der Waals surface area contributed by atoms with E-state index in [1.807, 2.05) is 48.5 Å². The van der Waals surface area contributed by atoms with Crippen LogP contribution in [0.3, 0.4) is 0 Å². The van der Waals surface area contributed by atoms with Crippen molar-refractivity contribution in [3.05, 3.63) is 65.7 Å². The maximum atomic E-state index is 11.0. The molecule has 0 aromatic heterocycles. The van der Waals surface area contributed by atoms with E-state index in [1.54, 1.807) is 7.11 Å². The molecule has 2 aromatic carbocycles. The first-order valence-electron chi connectivity index (χ1n) is 9.61. The summed E-state index contributed by atoms with van der Waals surface area (Å²) in [6.07, 6.45) is 0.406. The molecule has 1 saturated heterocycles. The minimum absolute atomic E-state index is 0.0466. The Hall–Kier alpha value is -2.81. The second-order valence-corrected chi connectivity index (χ2v) is 6.87. The fourth-order valence-corrected chi connectivity index (χ4v) is 3.44. The predicted octanol–water partition coefficient (Wildman–Crippen LogP) is 2.28. The van der Waals surface area contributed by atoms with Crippen LogP contribution in [0.25, 0.3) is 0 Å². The van der Waals surface area contributed by atoms with E-state index in [9.17, 15) is 4.79 Å². The molecule has 146 valence electrons. The zero-order valence-corrected chi connectivity index (χ0v) is 16.3. The van der Waals surface area contributed by atoms with Gasteiger partial charge in [-0.15, -0.1) is 0 Å². The lowest BCUT2D eigenvalue weighted by Crippen LogP contribution is -2.48. The van der Waals surface area contributed by atoms with Gasteiger partial charge in [-0.05, 0) is 18.2 Å². The standard InChI is InChI=1S/C23H27N3O2/c1-28-22-10-6-5-9-20(22)21(12-11-19-7-3-2-4-8-19)26-17-15-25(16-18-26)14-13-23(24)27/h2-10,21H,13-18H2,1H3,(H2,24,27). The Labute approximate surface area is 167 Å². The zero-order chi connectivity index (χ0) is 19.8. The van der Waals surface area contributed by atoms with E-state index in [4.69, 9.17) is 10.5 Å². The van der Waals surface area contributed by atoms with Crippen molar-refractivity contribution in [3.63, 3.8) is 0 Å². The third-order valence-corrected chi connectivity index (χ3v) is 5.01. The Morgan fingerprint density at radius 3 is 2.43 bits per heavy atom. The number of para-hydroxylation sites is 1. The minimum atomic E-state index is -0.247. The van der Waals surface area contributed by atoms with Gasteiger partial charge >= 0.3 is 0 Å². The third kappa shape index (κ3) is 5.35. The minimum Gasteiger partial charge on any atom is -0.496 e. The Bertz CT molecular complexity index is 834. The van der Waals surface area contributed by atoms with Crippen LogP contribution in [0.5, 0.6) is 5.75 Å². The van der Waals surface area contributed by atoms with E-state index < -0.39 is 0 Å². The average Bonchev–Trinajstić information content (AvgIpc) is 2.74. The maximum Gasteiger partial charge on any atom is 0.218 e. The molecule has 0 aliphatic carbocycles. The highest BCUT2D eigenvalue weighted by atomic mass is 16.5. The van der Waals surface area contributed by atoms with Gasteiger partial charge in [-0.2, -0.15) is 0 Å². The smallest absolute Gasteiger partial charge is 0.218 e. The van der Waals surface area contributed by atoms with E-state index in [-0.39, 0.29) is 11.9 Å². The molecule has 1 aliphatic rings. The number of methoxy groups -OCH3 is 1. The van der Waals surface area contributed by atoms with Gasteiger partial charge in [-0.25, -0.2) is 0 Å². The molecule has 2 N–H and O–H groups in total. The van der Waals surface area contributed by atoms with Crippen molar-refractivity contribution >= 4 is 5.91 Å². The number of benzene rings is 2. The van der Waals surface area contributed by atoms with Crippen LogP contribution >= 0.6 is 0 Å². The molecule has 1 heterocycles. The Kier molecular flexibility index (Phi) is 7.07. The molecule has 28 heavy (non-hydrogen) atoms. The Morgan fingerprint density at radius 1 is 1.07 bits per heavy atom. The fourth-order valence-electron chi connectivity index (χ4n) is 3.44. The van der Waals surface area contributed by atoms with E-state index in [0.717, 1.165) is 49.6 Å². The normalized spacial score (nSPS) is 16.0. The van der Waals surface area contributed by atoms with E-state index in [2.05, 4.69) is 27.7 Å². The Balaban J connectivity index is 1.80. The van der Waals surface area contributed by atoms with Crippen molar-refractivity contribution in [1.82, 2.24) is 9.80 Å². The quantitative estimate of drug-likeness (QED) is 0.785. The van der Waals surface area contributed by atoms with Gasteiger partial charge in [0, 0.05) is 50.3 Å². The molecule has 1 unspecified atom stereocenters. The van der Waals surface area contributed by atoms with Crippen molar-refractivity contribution in [1.29, 1.82) is 0 Å². The molecule has 0 saturated carbocycles. The van der Waals surface area contributed by atoms with Gasteiger partial charge in [-0.1, -0.05) is 48.2 Å². The molecule has 0 radical (unpaired) electrons. The van der Waals surface area contributed by atoms with Gasteiger partial charge in [0.15, 0.2) is 0 Å². The van der Waals surface area contributed by atoms with Crippen LogP contribution in [0.2, 0.25) is 0 Å². The molecule has 1 aliphatic heterocycles. The SMILES string of the molecule is COc1ccccc1C(C#Cc1ccccc1)N1CCN(CCC(N)=O)CC1.